The SMILES string of the molecule is CCC1CCCCN1C(=O)CCc1ncc(-c2ccccc2F)o1. The normalized spacial score (nSPS) is 17.9. The number of nitrogens with zero attached hydrogens (tertiary/aromatic N) is 2. The molecule has 1 aromatic heterocycles. The average molecular weight is 330 g/mol. The van der Waals surface area contributed by atoms with Crippen molar-refractivity contribution < 1.29 is 13.6 Å². The Labute approximate surface area is 141 Å². The molecule has 24 heavy (non-hydrogen) atoms. The number of aromatic nitrogens is 1. The molecule has 0 saturated carbocycles. The van der Waals surface area contributed by atoms with Gasteiger partial charge in [0, 0.05) is 25.4 Å². The molecule has 0 N–H and O–H groups in total. The van der Waals surface area contributed by atoms with Gasteiger partial charge >= 0.3 is 0 Å². The van der Waals surface area contributed by atoms with Crippen LogP contribution in [0.2, 0.25) is 0 Å². The summed E-state index contributed by atoms with van der Waals surface area (Å²) in [6.45, 7) is 2.98. The average Bonchev–Trinajstić information content (AvgIpc) is 3.08. The first-order chi connectivity index (χ1) is 11.7. The van der Waals surface area contributed by atoms with Crippen LogP contribution in [0.1, 0.15) is 44.9 Å². The Morgan fingerprint density at radius 3 is 3.00 bits per heavy atom. The number of amides is 1. The predicted octanol–water partition coefficient (Wildman–Crippen LogP) is 4.20. The third kappa shape index (κ3) is 3.66. The molecule has 1 aliphatic rings. The maximum absolute atomic E-state index is 13.8. The van der Waals surface area contributed by atoms with Gasteiger partial charge in [0.15, 0.2) is 11.7 Å². The van der Waals surface area contributed by atoms with E-state index in [1.54, 1.807) is 18.2 Å². The second kappa shape index (κ2) is 7.60. The zero-order valence-electron chi connectivity index (χ0n) is 14.0. The first-order valence-electron chi connectivity index (χ1n) is 8.68. The first-order valence-corrected chi connectivity index (χ1v) is 8.68. The van der Waals surface area contributed by atoms with Crippen LogP contribution in [-0.2, 0) is 11.2 Å². The van der Waals surface area contributed by atoms with E-state index in [2.05, 4.69) is 11.9 Å². The fourth-order valence-electron chi connectivity index (χ4n) is 3.32. The monoisotopic (exact) mass is 330 g/mol. The fourth-order valence-corrected chi connectivity index (χ4v) is 3.32. The number of carbonyl (C=O) groups excluding carboxylic acids is 1. The maximum atomic E-state index is 13.8. The Morgan fingerprint density at radius 2 is 2.21 bits per heavy atom. The van der Waals surface area contributed by atoms with Crippen LogP contribution in [0.3, 0.4) is 0 Å². The number of benzene rings is 1. The molecule has 1 saturated heterocycles. The van der Waals surface area contributed by atoms with Gasteiger partial charge in [0.1, 0.15) is 5.82 Å². The quantitative estimate of drug-likeness (QED) is 0.825. The summed E-state index contributed by atoms with van der Waals surface area (Å²) in [5, 5.41) is 0. The van der Waals surface area contributed by atoms with E-state index in [9.17, 15) is 9.18 Å². The predicted molar refractivity (Wildman–Crippen MR) is 89.9 cm³/mol. The summed E-state index contributed by atoms with van der Waals surface area (Å²) in [7, 11) is 0. The highest BCUT2D eigenvalue weighted by Crippen LogP contribution is 2.24. The van der Waals surface area contributed by atoms with Crippen molar-refractivity contribution in [3.8, 4) is 11.3 Å². The number of carbonyl (C=O) groups is 1. The second-order valence-corrected chi connectivity index (χ2v) is 6.24. The van der Waals surface area contributed by atoms with Crippen LogP contribution in [0.4, 0.5) is 4.39 Å². The summed E-state index contributed by atoms with van der Waals surface area (Å²) in [6, 6.07) is 6.81. The molecule has 0 spiro atoms. The molecule has 128 valence electrons. The Balaban J connectivity index is 1.61. The Hall–Kier alpha value is -2.17. The molecular weight excluding hydrogens is 307 g/mol. The van der Waals surface area contributed by atoms with Crippen molar-refractivity contribution in [3.63, 3.8) is 0 Å². The van der Waals surface area contributed by atoms with Crippen molar-refractivity contribution in [3.05, 3.63) is 42.2 Å². The van der Waals surface area contributed by atoms with Crippen molar-refractivity contribution in [1.29, 1.82) is 0 Å². The van der Waals surface area contributed by atoms with E-state index in [1.807, 2.05) is 4.90 Å². The molecule has 0 aliphatic carbocycles. The summed E-state index contributed by atoms with van der Waals surface area (Å²) in [6.07, 6.45) is 6.73. The fraction of sp³-hybridized carbons (Fsp3) is 0.474. The molecular formula is C19H23FN2O2. The summed E-state index contributed by atoms with van der Waals surface area (Å²) < 4.78 is 19.4. The number of rotatable bonds is 5. The van der Waals surface area contributed by atoms with Crippen molar-refractivity contribution in [2.45, 2.75) is 51.5 Å². The number of piperidine rings is 1. The third-order valence-corrected chi connectivity index (χ3v) is 4.66. The molecule has 1 unspecified atom stereocenters. The van der Waals surface area contributed by atoms with Gasteiger partial charge < -0.3 is 9.32 Å². The molecule has 2 heterocycles. The topological polar surface area (TPSA) is 46.3 Å². The van der Waals surface area contributed by atoms with Gasteiger partial charge in [0.25, 0.3) is 0 Å². The van der Waals surface area contributed by atoms with Gasteiger partial charge in [-0.25, -0.2) is 9.37 Å². The molecule has 4 nitrogen and oxygen atoms in total. The van der Waals surface area contributed by atoms with Gasteiger partial charge in [-0.1, -0.05) is 19.1 Å². The molecule has 1 amide bonds. The maximum Gasteiger partial charge on any atom is 0.223 e. The van der Waals surface area contributed by atoms with E-state index in [0.717, 1.165) is 25.8 Å². The van der Waals surface area contributed by atoms with Gasteiger partial charge in [-0.15, -0.1) is 0 Å². The second-order valence-electron chi connectivity index (χ2n) is 6.24. The van der Waals surface area contributed by atoms with E-state index >= 15 is 0 Å². The van der Waals surface area contributed by atoms with Crippen LogP contribution in [0.25, 0.3) is 11.3 Å². The van der Waals surface area contributed by atoms with Gasteiger partial charge in [0.2, 0.25) is 5.91 Å². The zero-order chi connectivity index (χ0) is 16.9. The molecule has 0 radical (unpaired) electrons. The highest BCUT2D eigenvalue weighted by atomic mass is 19.1. The molecule has 3 rings (SSSR count). The van der Waals surface area contributed by atoms with Crippen LogP contribution in [0.15, 0.2) is 34.9 Å². The lowest BCUT2D eigenvalue weighted by atomic mass is 9.99. The summed E-state index contributed by atoms with van der Waals surface area (Å²) in [4.78, 5) is 18.7. The summed E-state index contributed by atoms with van der Waals surface area (Å²) in [5.41, 5.74) is 0.393. The Kier molecular flexibility index (Phi) is 5.28. The van der Waals surface area contributed by atoms with E-state index in [0.29, 0.717) is 36.1 Å². The number of halogens is 1. The van der Waals surface area contributed by atoms with Crippen LogP contribution in [-0.4, -0.2) is 28.4 Å². The third-order valence-electron chi connectivity index (χ3n) is 4.66. The van der Waals surface area contributed by atoms with E-state index in [4.69, 9.17) is 4.42 Å². The van der Waals surface area contributed by atoms with Crippen LogP contribution < -0.4 is 0 Å². The Bertz CT molecular complexity index is 698. The highest BCUT2D eigenvalue weighted by molar-refractivity contribution is 5.76. The molecule has 0 bridgehead atoms. The summed E-state index contributed by atoms with van der Waals surface area (Å²) in [5.74, 6) is 0.703. The number of likely N-dealkylation sites (tertiary alicyclic amines) is 1. The van der Waals surface area contributed by atoms with Crippen LogP contribution in [0.5, 0.6) is 0 Å². The minimum absolute atomic E-state index is 0.159. The number of oxazole rings is 1. The van der Waals surface area contributed by atoms with Gasteiger partial charge in [-0.2, -0.15) is 0 Å². The van der Waals surface area contributed by atoms with Crippen molar-refractivity contribution in [2.24, 2.45) is 0 Å². The molecule has 5 heteroatoms. The molecule has 1 fully saturated rings. The Morgan fingerprint density at radius 1 is 1.38 bits per heavy atom. The lowest BCUT2D eigenvalue weighted by Crippen LogP contribution is -2.43. The van der Waals surface area contributed by atoms with Gasteiger partial charge in [-0.3, -0.25) is 4.79 Å². The van der Waals surface area contributed by atoms with Gasteiger partial charge in [-0.05, 0) is 37.8 Å². The number of aryl methyl sites for hydroxylation is 1. The van der Waals surface area contributed by atoms with Crippen molar-refractivity contribution in [2.75, 3.05) is 6.54 Å². The van der Waals surface area contributed by atoms with Crippen molar-refractivity contribution >= 4 is 5.91 Å². The first kappa shape index (κ1) is 16.7. The minimum atomic E-state index is -0.338. The smallest absolute Gasteiger partial charge is 0.223 e. The zero-order valence-corrected chi connectivity index (χ0v) is 14.0. The van der Waals surface area contributed by atoms with E-state index in [-0.39, 0.29) is 11.7 Å². The molecule has 1 aliphatic heterocycles. The lowest BCUT2D eigenvalue weighted by molar-refractivity contribution is -0.135. The summed E-state index contributed by atoms with van der Waals surface area (Å²) >= 11 is 0. The molecule has 1 atom stereocenters. The van der Waals surface area contributed by atoms with Crippen LogP contribution >= 0.6 is 0 Å². The molecule has 1 aromatic carbocycles. The number of hydrogen-bond donors (Lipinski definition) is 0. The molecule has 2 aromatic rings. The highest BCUT2D eigenvalue weighted by Gasteiger charge is 2.25. The minimum Gasteiger partial charge on any atom is -0.441 e. The lowest BCUT2D eigenvalue weighted by Gasteiger charge is -2.35. The van der Waals surface area contributed by atoms with E-state index < -0.39 is 0 Å². The largest absolute Gasteiger partial charge is 0.441 e. The number of hydrogen-bond acceptors (Lipinski definition) is 3. The van der Waals surface area contributed by atoms with Gasteiger partial charge in [0.05, 0.1) is 11.8 Å². The van der Waals surface area contributed by atoms with Crippen LogP contribution in [0, 0.1) is 5.82 Å². The van der Waals surface area contributed by atoms with E-state index in [1.165, 1.54) is 18.7 Å². The standard InChI is InChI=1S/C19H23FN2O2/c1-2-14-7-5-6-12-22(14)19(23)11-10-18-21-13-17(24-18)15-8-3-4-9-16(15)20/h3-4,8-9,13-14H,2,5-7,10-12H2,1H3. The van der Waals surface area contributed by atoms with Crippen molar-refractivity contribution in [1.82, 2.24) is 9.88 Å².